The van der Waals surface area contributed by atoms with Crippen molar-refractivity contribution in [3.8, 4) is 0 Å². The van der Waals surface area contributed by atoms with Gasteiger partial charge in [-0.25, -0.2) is 4.89 Å². The van der Waals surface area contributed by atoms with Crippen LogP contribution in [-0.4, -0.2) is 10.9 Å². The number of hydrogen-bond acceptors (Lipinski definition) is 2. The highest BCUT2D eigenvalue weighted by Crippen LogP contribution is 2.69. The van der Waals surface area contributed by atoms with E-state index in [-0.39, 0.29) is 11.0 Å². The summed E-state index contributed by atoms with van der Waals surface area (Å²) in [6, 6.07) is 0. The van der Waals surface area contributed by atoms with Crippen molar-refractivity contribution >= 4 is 0 Å². The van der Waals surface area contributed by atoms with E-state index in [2.05, 4.69) is 20.8 Å². The maximum atomic E-state index is 9.75. The Bertz CT molecular complexity index is 457. The number of fused-ring (bicyclic) bond motifs is 5. The molecule has 1 N–H and O–H groups in total. The van der Waals surface area contributed by atoms with E-state index in [9.17, 15) is 5.26 Å². The third kappa shape index (κ3) is 2.00. The Morgan fingerprint density at radius 2 is 1.70 bits per heavy atom. The largest absolute Gasteiger partial charge is 0.251 e. The van der Waals surface area contributed by atoms with Crippen LogP contribution in [0.15, 0.2) is 0 Å². The van der Waals surface area contributed by atoms with Gasteiger partial charge in [-0.05, 0) is 86.9 Å². The standard InChI is InChI=1S/C21H36O2/c1-4-21(23-22)14-11-18-16-9-8-15-7-5-6-12-19(15,2)17(16)10-13-20(18,21)3/h15-18,22H,4-14H2,1-3H3/t15?,16-,17+,18+,19+,20+,21-/m1/s1. The van der Waals surface area contributed by atoms with Gasteiger partial charge in [0.25, 0.3) is 0 Å². The highest BCUT2D eigenvalue weighted by molar-refractivity contribution is 5.13. The van der Waals surface area contributed by atoms with Crippen LogP contribution in [0.1, 0.15) is 91.4 Å². The third-order valence-corrected chi connectivity index (χ3v) is 9.62. The molecule has 2 nitrogen and oxygen atoms in total. The summed E-state index contributed by atoms with van der Waals surface area (Å²) in [4.78, 5) is 5.23. The van der Waals surface area contributed by atoms with Gasteiger partial charge >= 0.3 is 0 Å². The smallest absolute Gasteiger partial charge is 0.109 e. The van der Waals surface area contributed by atoms with Gasteiger partial charge in [0.05, 0.1) is 0 Å². The van der Waals surface area contributed by atoms with Crippen molar-refractivity contribution in [2.24, 2.45) is 34.5 Å². The van der Waals surface area contributed by atoms with Crippen LogP contribution in [-0.2, 0) is 4.89 Å². The summed E-state index contributed by atoms with van der Waals surface area (Å²) in [7, 11) is 0. The summed E-state index contributed by atoms with van der Waals surface area (Å²) in [6.07, 6.45) is 14.7. The maximum absolute atomic E-state index is 9.75. The van der Waals surface area contributed by atoms with Crippen LogP contribution < -0.4 is 0 Å². The molecule has 4 saturated carbocycles. The zero-order valence-electron chi connectivity index (χ0n) is 15.4. The van der Waals surface area contributed by atoms with Crippen LogP contribution in [0.3, 0.4) is 0 Å². The molecule has 0 aliphatic heterocycles. The van der Waals surface area contributed by atoms with Gasteiger partial charge in [-0.2, -0.15) is 0 Å². The fourth-order valence-electron chi connectivity index (χ4n) is 8.18. The first-order valence-electron chi connectivity index (χ1n) is 10.3. The lowest BCUT2D eigenvalue weighted by molar-refractivity contribution is -0.355. The lowest BCUT2D eigenvalue weighted by Gasteiger charge is -2.61. The molecule has 7 atom stereocenters. The molecule has 0 aromatic carbocycles. The molecule has 1 unspecified atom stereocenters. The topological polar surface area (TPSA) is 29.5 Å². The van der Waals surface area contributed by atoms with Crippen LogP contribution in [0, 0.1) is 34.5 Å². The minimum atomic E-state index is -0.271. The Kier molecular flexibility index (Phi) is 3.89. The fraction of sp³-hybridized carbons (Fsp3) is 1.00. The average Bonchev–Trinajstić information content (AvgIpc) is 2.87. The van der Waals surface area contributed by atoms with Crippen molar-refractivity contribution in [2.75, 3.05) is 0 Å². The lowest BCUT2D eigenvalue weighted by atomic mass is 9.44. The van der Waals surface area contributed by atoms with Gasteiger partial charge in [-0.3, -0.25) is 5.26 Å². The number of rotatable bonds is 2. The molecule has 0 aromatic heterocycles. The molecule has 0 saturated heterocycles. The molecule has 0 amide bonds. The maximum Gasteiger partial charge on any atom is 0.109 e. The summed E-state index contributed by atoms with van der Waals surface area (Å²) in [5.41, 5.74) is 0.530. The molecule has 4 fully saturated rings. The quantitative estimate of drug-likeness (QED) is 0.495. The molecule has 2 heteroatoms. The van der Waals surface area contributed by atoms with Crippen molar-refractivity contribution in [2.45, 2.75) is 97.0 Å². The molecule has 4 rings (SSSR count). The molecular weight excluding hydrogens is 284 g/mol. The zero-order valence-corrected chi connectivity index (χ0v) is 15.4. The Labute approximate surface area is 142 Å². The fourth-order valence-corrected chi connectivity index (χ4v) is 8.18. The minimum absolute atomic E-state index is 0.190. The van der Waals surface area contributed by atoms with Gasteiger partial charge < -0.3 is 0 Å². The molecule has 132 valence electrons. The van der Waals surface area contributed by atoms with E-state index in [1.807, 2.05) is 0 Å². The monoisotopic (exact) mass is 320 g/mol. The van der Waals surface area contributed by atoms with E-state index in [4.69, 9.17) is 4.89 Å². The molecule has 23 heavy (non-hydrogen) atoms. The second-order valence-electron chi connectivity index (χ2n) is 9.84. The summed E-state index contributed by atoms with van der Waals surface area (Å²) < 4.78 is 0. The van der Waals surface area contributed by atoms with Crippen molar-refractivity contribution in [3.05, 3.63) is 0 Å². The average molecular weight is 321 g/mol. The predicted octanol–water partition coefficient (Wildman–Crippen LogP) is 6.06. The van der Waals surface area contributed by atoms with E-state index in [0.29, 0.717) is 5.41 Å². The van der Waals surface area contributed by atoms with Gasteiger partial charge in [0.2, 0.25) is 0 Å². The van der Waals surface area contributed by atoms with E-state index < -0.39 is 0 Å². The first-order chi connectivity index (χ1) is 11.0. The zero-order chi connectivity index (χ0) is 16.3. The highest BCUT2D eigenvalue weighted by Gasteiger charge is 2.65. The van der Waals surface area contributed by atoms with Gasteiger partial charge in [0.15, 0.2) is 0 Å². The molecule has 0 spiro atoms. The van der Waals surface area contributed by atoms with E-state index in [1.54, 1.807) is 0 Å². The molecule has 0 heterocycles. The normalized spacial score (nSPS) is 55.8. The Balaban J connectivity index is 1.65. The van der Waals surface area contributed by atoms with Gasteiger partial charge in [0.1, 0.15) is 5.60 Å². The lowest BCUT2D eigenvalue weighted by Crippen LogP contribution is -2.56. The highest BCUT2D eigenvalue weighted by atomic mass is 17.1. The molecule has 0 radical (unpaired) electrons. The van der Waals surface area contributed by atoms with Crippen molar-refractivity contribution in [1.82, 2.24) is 0 Å². The van der Waals surface area contributed by atoms with E-state index in [0.717, 1.165) is 36.5 Å². The van der Waals surface area contributed by atoms with Crippen LogP contribution in [0.2, 0.25) is 0 Å². The molecule has 0 aromatic rings. The van der Waals surface area contributed by atoms with E-state index in [1.165, 1.54) is 57.8 Å². The molecular formula is C21H36O2. The molecule has 4 aliphatic carbocycles. The minimum Gasteiger partial charge on any atom is -0.251 e. The van der Waals surface area contributed by atoms with Gasteiger partial charge in [-0.15, -0.1) is 0 Å². The van der Waals surface area contributed by atoms with Crippen LogP contribution in [0.25, 0.3) is 0 Å². The van der Waals surface area contributed by atoms with E-state index >= 15 is 0 Å². The summed E-state index contributed by atoms with van der Waals surface area (Å²) in [5.74, 6) is 3.59. The van der Waals surface area contributed by atoms with Gasteiger partial charge in [0, 0.05) is 5.41 Å². The summed E-state index contributed by atoms with van der Waals surface area (Å²) in [6.45, 7) is 7.28. The van der Waals surface area contributed by atoms with Crippen LogP contribution in [0.5, 0.6) is 0 Å². The van der Waals surface area contributed by atoms with Crippen LogP contribution >= 0.6 is 0 Å². The number of hydrogen-bond donors (Lipinski definition) is 1. The van der Waals surface area contributed by atoms with Gasteiger partial charge in [-0.1, -0.05) is 33.6 Å². The first kappa shape index (κ1) is 16.4. The predicted molar refractivity (Wildman–Crippen MR) is 93.1 cm³/mol. The van der Waals surface area contributed by atoms with Crippen molar-refractivity contribution in [1.29, 1.82) is 0 Å². The molecule has 4 aliphatic rings. The molecule has 0 bridgehead atoms. The second-order valence-corrected chi connectivity index (χ2v) is 9.84. The van der Waals surface area contributed by atoms with Crippen molar-refractivity contribution in [3.63, 3.8) is 0 Å². The van der Waals surface area contributed by atoms with Crippen LogP contribution in [0.4, 0.5) is 0 Å². The Hall–Kier alpha value is -0.0800. The Morgan fingerprint density at radius 1 is 0.913 bits per heavy atom. The SMILES string of the molecule is CC[C@@]1(OO)CC[C@H]2[C@@H]3CCC4CCCC[C@]4(C)[C@H]3CC[C@@]21C. The first-order valence-corrected chi connectivity index (χ1v) is 10.3. The summed E-state index contributed by atoms with van der Waals surface area (Å²) in [5, 5.41) is 9.75. The summed E-state index contributed by atoms with van der Waals surface area (Å²) >= 11 is 0. The second kappa shape index (κ2) is 5.46. The Morgan fingerprint density at radius 3 is 2.43 bits per heavy atom. The third-order valence-electron chi connectivity index (χ3n) is 9.62. The van der Waals surface area contributed by atoms with Crippen molar-refractivity contribution < 1.29 is 10.1 Å².